The first-order valence-corrected chi connectivity index (χ1v) is 10.1. The fourth-order valence-corrected chi connectivity index (χ4v) is 5.03. The van der Waals surface area contributed by atoms with Gasteiger partial charge in [0.05, 0.1) is 18.1 Å². The summed E-state index contributed by atoms with van der Waals surface area (Å²) in [5.74, 6) is -1.29. The molecule has 0 unspecified atom stereocenters. The molecule has 0 bridgehead atoms. The molecule has 0 radical (unpaired) electrons. The number of amides is 1. The molecule has 1 saturated carbocycles. The molecule has 1 aromatic carbocycles. The number of carbonyl (C=O) groups is 3. The highest BCUT2D eigenvalue weighted by atomic mass is 32.1. The van der Waals surface area contributed by atoms with Crippen LogP contribution in [0.25, 0.3) is 0 Å². The van der Waals surface area contributed by atoms with Gasteiger partial charge < -0.3 is 14.8 Å². The highest BCUT2D eigenvalue weighted by Gasteiger charge is 2.52. The Morgan fingerprint density at radius 1 is 1.14 bits per heavy atom. The average Bonchev–Trinajstić information content (AvgIpc) is 3.30. The second kappa shape index (κ2) is 7.39. The third-order valence-corrected chi connectivity index (χ3v) is 6.57. The van der Waals surface area contributed by atoms with Gasteiger partial charge in [0.2, 0.25) is 0 Å². The number of thiophene rings is 1. The second-order valence-corrected chi connectivity index (χ2v) is 8.23. The zero-order valence-corrected chi connectivity index (χ0v) is 16.4. The van der Waals surface area contributed by atoms with E-state index in [1.807, 2.05) is 30.3 Å². The zero-order chi connectivity index (χ0) is 19.7. The number of aryl methyl sites for hydroxylation is 1. The predicted molar refractivity (Wildman–Crippen MR) is 105 cm³/mol. The normalized spacial score (nSPS) is 16.2. The molecule has 1 aromatic heterocycles. The number of hydrogen-bond donors (Lipinski definition) is 1. The monoisotopic (exact) mass is 399 g/mol. The standard InChI is InChI=1S/C21H21NO5S/c1-26-19(24)17-14-8-5-9-15(14)28-18(17)22-16(23)12-27-20(25)21(10-11-21)13-6-3-2-4-7-13/h2-4,6-7H,5,8-12H2,1H3,(H,22,23). The summed E-state index contributed by atoms with van der Waals surface area (Å²) in [6.45, 7) is -0.378. The second-order valence-electron chi connectivity index (χ2n) is 7.13. The van der Waals surface area contributed by atoms with Crippen LogP contribution in [0.1, 0.15) is 45.6 Å². The van der Waals surface area contributed by atoms with Crippen molar-refractivity contribution in [2.75, 3.05) is 19.0 Å². The summed E-state index contributed by atoms with van der Waals surface area (Å²) in [6.07, 6.45) is 4.15. The maximum Gasteiger partial charge on any atom is 0.341 e. The number of anilines is 1. The zero-order valence-electron chi connectivity index (χ0n) is 15.6. The Hall–Kier alpha value is -2.67. The SMILES string of the molecule is COC(=O)c1c(NC(=O)COC(=O)C2(c3ccccc3)CC2)sc2c1CCC2. The van der Waals surface area contributed by atoms with Crippen molar-refractivity contribution < 1.29 is 23.9 Å². The van der Waals surface area contributed by atoms with E-state index >= 15 is 0 Å². The van der Waals surface area contributed by atoms with E-state index in [0.29, 0.717) is 10.6 Å². The van der Waals surface area contributed by atoms with Crippen LogP contribution in [-0.2, 0) is 37.3 Å². The molecule has 146 valence electrons. The summed E-state index contributed by atoms with van der Waals surface area (Å²) in [5, 5.41) is 3.20. The van der Waals surface area contributed by atoms with Crippen LogP contribution in [0, 0.1) is 0 Å². The summed E-state index contributed by atoms with van der Waals surface area (Å²) in [4.78, 5) is 38.2. The number of carbonyl (C=O) groups excluding carboxylic acids is 3. The van der Waals surface area contributed by atoms with Gasteiger partial charge in [-0.3, -0.25) is 9.59 Å². The molecule has 4 rings (SSSR count). The lowest BCUT2D eigenvalue weighted by Gasteiger charge is -2.14. The summed E-state index contributed by atoms with van der Waals surface area (Å²) >= 11 is 1.40. The average molecular weight is 399 g/mol. The van der Waals surface area contributed by atoms with Crippen molar-refractivity contribution in [1.82, 2.24) is 0 Å². The first-order chi connectivity index (χ1) is 13.5. The van der Waals surface area contributed by atoms with Gasteiger partial charge in [0.1, 0.15) is 5.00 Å². The number of methoxy groups -OCH3 is 1. The van der Waals surface area contributed by atoms with E-state index in [1.54, 1.807) is 0 Å². The number of benzene rings is 1. The van der Waals surface area contributed by atoms with Gasteiger partial charge in [-0.15, -0.1) is 11.3 Å². The van der Waals surface area contributed by atoms with Gasteiger partial charge in [0.15, 0.2) is 6.61 Å². The Kier molecular flexibility index (Phi) is 4.93. The van der Waals surface area contributed by atoms with E-state index in [1.165, 1.54) is 18.4 Å². The maximum absolute atomic E-state index is 12.5. The van der Waals surface area contributed by atoms with E-state index in [2.05, 4.69) is 5.32 Å². The van der Waals surface area contributed by atoms with Crippen LogP contribution < -0.4 is 5.32 Å². The van der Waals surface area contributed by atoms with E-state index < -0.39 is 17.3 Å². The molecule has 1 fully saturated rings. The molecule has 28 heavy (non-hydrogen) atoms. The molecule has 2 aliphatic carbocycles. The molecule has 2 aromatic rings. The predicted octanol–water partition coefficient (Wildman–Crippen LogP) is 3.24. The highest BCUT2D eigenvalue weighted by Crippen LogP contribution is 2.49. The van der Waals surface area contributed by atoms with Crippen LogP contribution >= 0.6 is 11.3 Å². The molecule has 6 nitrogen and oxygen atoms in total. The fourth-order valence-electron chi connectivity index (χ4n) is 3.74. The minimum atomic E-state index is -0.622. The molecule has 1 heterocycles. The first-order valence-electron chi connectivity index (χ1n) is 9.30. The Morgan fingerprint density at radius 2 is 1.89 bits per heavy atom. The lowest BCUT2D eigenvalue weighted by Crippen LogP contribution is -2.28. The van der Waals surface area contributed by atoms with Crippen molar-refractivity contribution >= 4 is 34.2 Å². The number of rotatable bonds is 6. The summed E-state index contributed by atoms with van der Waals surface area (Å²) in [7, 11) is 1.33. The first kappa shape index (κ1) is 18.7. The van der Waals surface area contributed by atoms with Crippen LogP contribution in [0.4, 0.5) is 5.00 Å². The molecular weight excluding hydrogens is 378 g/mol. The molecular formula is C21H21NO5S. The van der Waals surface area contributed by atoms with Crippen molar-refractivity contribution in [2.24, 2.45) is 0 Å². The molecule has 1 N–H and O–H groups in total. The van der Waals surface area contributed by atoms with Crippen molar-refractivity contribution in [1.29, 1.82) is 0 Å². The number of esters is 2. The van der Waals surface area contributed by atoms with E-state index in [0.717, 1.165) is 48.1 Å². The minimum Gasteiger partial charge on any atom is -0.465 e. The quantitative estimate of drug-likeness (QED) is 0.754. The Balaban J connectivity index is 1.41. The Labute approximate surface area is 166 Å². The Bertz CT molecular complexity index is 930. The molecule has 0 saturated heterocycles. The van der Waals surface area contributed by atoms with Crippen molar-refractivity contribution in [2.45, 2.75) is 37.5 Å². The van der Waals surface area contributed by atoms with Crippen LogP contribution in [0.2, 0.25) is 0 Å². The molecule has 7 heteroatoms. The van der Waals surface area contributed by atoms with E-state index in [9.17, 15) is 14.4 Å². The Morgan fingerprint density at radius 3 is 2.57 bits per heavy atom. The molecule has 1 amide bonds. The number of fused-ring (bicyclic) bond motifs is 1. The lowest BCUT2D eigenvalue weighted by molar-refractivity contribution is -0.150. The van der Waals surface area contributed by atoms with E-state index in [-0.39, 0.29) is 12.6 Å². The number of nitrogens with one attached hydrogen (secondary N) is 1. The lowest BCUT2D eigenvalue weighted by atomic mass is 9.96. The molecule has 0 spiro atoms. The van der Waals surface area contributed by atoms with Crippen LogP contribution in [0.15, 0.2) is 30.3 Å². The minimum absolute atomic E-state index is 0.378. The van der Waals surface area contributed by atoms with Crippen molar-refractivity contribution in [3.63, 3.8) is 0 Å². The van der Waals surface area contributed by atoms with Crippen LogP contribution in [0.5, 0.6) is 0 Å². The van der Waals surface area contributed by atoms with E-state index in [4.69, 9.17) is 9.47 Å². The smallest absolute Gasteiger partial charge is 0.341 e. The fraction of sp³-hybridized carbons (Fsp3) is 0.381. The third kappa shape index (κ3) is 3.30. The van der Waals surface area contributed by atoms with Gasteiger partial charge in [-0.1, -0.05) is 30.3 Å². The molecule has 0 atom stereocenters. The molecule has 2 aliphatic rings. The molecule has 0 aliphatic heterocycles. The van der Waals surface area contributed by atoms with Gasteiger partial charge in [0.25, 0.3) is 5.91 Å². The summed E-state index contributed by atoms with van der Waals surface area (Å²) in [6, 6.07) is 9.49. The highest BCUT2D eigenvalue weighted by molar-refractivity contribution is 7.17. The van der Waals surface area contributed by atoms with Gasteiger partial charge in [-0.25, -0.2) is 4.79 Å². The van der Waals surface area contributed by atoms with Crippen molar-refractivity contribution in [3.05, 3.63) is 51.9 Å². The number of hydrogen-bond acceptors (Lipinski definition) is 6. The topological polar surface area (TPSA) is 81.7 Å². The summed E-state index contributed by atoms with van der Waals surface area (Å²) in [5.41, 5.74) is 1.69. The van der Waals surface area contributed by atoms with Crippen LogP contribution in [-0.4, -0.2) is 31.6 Å². The van der Waals surface area contributed by atoms with Crippen molar-refractivity contribution in [3.8, 4) is 0 Å². The third-order valence-electron chi connectivity index (χ3n) is 5.37. The van der Waals surface area contributed by atoms with Gasteiger partial charge in [-0.2, -0.15) is 0 Å². The van der Waals surface area contributed by atoms with Gasteiger partial charge in [0, 0.05) is 4.88 Å². The van der Waals surface area contributed by atoms with Crippen LogP contribution in [0.3, 0.4) is 0 Å². The maximum atomic E-state index is 12.5. The number of ether oxygens (including phenoxy) is 2. The van der Waals surface area contributed by atoms with Gasteiger partial charge in [-0.05, 0) is 43.2 Å². The largest absolute Gasteiger partial charge is 0.465 e. The summed E-state index contributed by atoms with van der Waals surface area (Å²) < 4.78 is 10.2. The van der Waals surface area contributed by atoms with Gasteiger partial charge >= 0.3 is 11.9 Å².